The quantitative estimate of drug-likeness (QED) is 0.563. The van der Waals surface area contributed by atoms with Gasteiger partial charge in [-0.25, -0.2) is 0 Å². The van der Waals surface area contributed by atoms with Crippen LogP contribution in [0.2, 0.25) is 0 Å². The van der Waals surface area contributed by atoms with E-state index in [1.807, 2.05) is 0 Å². The first-order valence-electron chi connectivity index (χ1n) is 5.84. The molecule has 0 unspecified atom stereocenters. The van der Waals surface area contributed by atoms with Crippen molar-refractivity contribution in [1.29, 1.82) is 0 Å². The van der Waals surface area contributed by atoms with Gasteiger partial charge in [0.1, 0.15) is 0 Å². The molecule has 0 saturated heterocycles. The summed E-state index contributed by atoms with van der Waals surface area (Å²) in [4.78, 5) is 2.40. The second-order valence-corrected chi connectivity index (χ2v) is 28.2. The van der Waals surface area contributed by atoms with Crippen LogP contribution in [0.1, 0.15) is 6.92 Å². The SMILES string of the molecule is CCN1c2ccccc2[Te](Br)(Br)c2ccccc21. The monoisotopic (exact) mass is 483 g/mol. The van der Waals surface area contributed by atoms with Gasteiger partial charge in [-0.2, -0.15) is 0 Å². The van der Waals surface area contributed by atoms with Crippen LogP contribution in [0.4, 0.5) is 11.4 Å². The van der Waals surface area contributed by atoms with Crippen LogP contribution in [-0.4, -0.2) is 20.3 Å². The third-order valence-corrected chi connectivity index (χ3v) is 17.7. The molecule has 2 aromatic carbocycles. The van der Waals surface area contributed by atoms with Gasteiger partial charge in [0.25, 0.3) is 0 Å². The van der Waals surface area contributed by atoms with Crippen molar-refractivity contribution in [2.75, 3.05) is 11.4 Å². The number of hydrogen-bond acceptors (Lipinski definition) is 1. The molecule has 0 amide bonds. The zero-order valence-corrected chi connectivity index (χ0v) is 15.4. The van der Waals surface area contributed by atoms with E-state index < -0.39 is 13.8 Å². The van der Waals surface area contributed by atoms with Crippen LogP contribution in [0.5, 0.6) is 0 Å². The Labute approximate surface area is 124 Å². The molecule has 1 aliphatic rings. The van der Waals surface area contributed by atoms with E-state index in [4.69, 9.17) is 0 Å². The second-order valence-electron chi connectivity index (χ2n) is 4.15. The van der Waals surface area contributed by atoms with Crippen molar-refractivity contribution in [2.45, 2.75) is 6.92 Å². The van der Waals surface area contributed by atoms with Gasteiger partial charge < -0.3 is 0 Å². The molecule has 94 valence electrons. The summed E-state index contributed by atoms with van der Waals surface area (Å²) in [5.41, 5.74) is 2.68. The predicted octanol–water partition coefficient (Wildman–Crippen LogP) is 3.50. The van der Waals surface area contributed by atoms with E-state index in [1.165, 1.54) is 18.6 Å². The molecule has 0 atom stereocenters. The number of anilines is 2. The molecule has 3 rings (SSSR count). The Bertz CT molecular complexity index is 548. The van der Waals surface area contributed by atoms with Crippen LogP contribution in [-0.2, 0) is 0 Å². The van der Waals surface area contributed by atoms with Crippen molar-refractivity contribution in [3.05, 3.63) is 48.5 Å². The van der Waals surface area contributed by atoms with Crippen molar-refractivity contribution in [3.63, 3.8) is 0 Å². The minimum absolute atomic E-state index is 0.993. The zero-order valence-electron chi connectivity index (χ0n) is 9.94. The number of para-hydroxylation sites is 2. The average molecular weight is 483 g/mol. The maximum absolute atomic E-state index is 4.03. The molecule has 0 radical (unpaired) electrons. The van der Waals surface area contributed by atoms with Crippen molar-refractivity contribution >= 4 is 57.9 Å². The summed E-state index contributed by atoms with van der Waals surface area (Å²) in [7, 11) is 0. The minimum atomic E-state index is -2.50. The number of fused-ring (bicyclic) bond motifs is 2. The fourth-order valence-electron chi connectivity index (χ4n) is 2.38. The molecule has 0 aliphatic carbocycles. The van der Waals surface area contributed by atoms with Gasteiger partial charge in [-0.3, -0.25) is 0 Å². The Balaban J connectivity index is 2.33. The van der Waals surface area contributed by atoms with E-state index in [0.717, 1.165) is 6.54 Å². The molecule has 18 heavy (non-hydrogen) atoms. The predicted molar refractivity (Wildman–Crippen MR) is 88.4 cm³/mol. The molecule has 1 heterocycles. The van der Waals surface area contributed by atoms with Crippen molar-refractivity contribution in [2.24, 2.45) is 0 Å². The molecule has 0 N–H and O–H groups in total. The molecule has 4 heteroatoms. The molecular formula is C14H13Br2NTe. The van der Waals surface area contributed by atoms with Crippen molar-refractivity contribution in [3.8, 4) is 0 Å². The number of nitrogens with zero attached hydrogens (tertiary/aromatic N) is 1. The van der Waals surface area contributed by atoms with Crippen molar-refractivity contribution < 1.29 is 0 Å². The third-order valence-electron chi connectivity index (χ3n) is 3.18. The number of hydrogen-bond donors (Lipinski definition) is 0. The van der Waals surface area contributed by atoms with Gasteiger partial charge in [0.2, 0.25) is 0 Å². The summed E-state index contributed by atoms with van der Waals surface area (Å²) < 4.78 is 2.89. The molecule has 1 nitrogen and oxygen atoms in total. The van der Waals surface area contributed by atoms with E-state index in [9.17, 15) is 0 Å². The molecule has 2 aromatic rings. The van der Waals surface area contributed by atoms with Crippen LogP contribution in [0.15, 0.2) is 48.5 Å². The molecule has 0 bridgehead atoms. The summed E-state index contributed by atoms with van der Waals surface area (Å²) in [6, 6.07) is 17.4. The maximum atomic E-state index is 4.03. The summed E-state index contributed by atoms with van der Waals surface area (Å²) in [6.07, 6.45) is 0. The first-order chi connectivity index (χ1) is 8.66. The van der Waals surface area contributed by atoms with E-state index in [-0.39, 0.29) is 0 Å². The van der Waals surface area contributed by atoms with Gasteiger partial charge in [0, 0.05) is 0 Å². The van der Waals surface area contributed by atoms with Crippen LogP contribution < -0.4 is 12.1 Å². The summed E-state index contributed by atoms with van der Waals surface area (Å²) in [5, 5.41) is 0. The van der Waals surface area contributed by atoms with Gasteiger partial charge in [-0.1, -0.05) is 0 Å². The van der Waals surface area contributed by atoms with E-state index in [2.05, 4.69) is 85.9 Å². The van der Waals surface area contributed by atoms with Gasteiger partial charge in [0.05, 0.1) is 0 Å². The molecule has 1 aliphatic heterocycles. The summed E-state index contributed by atoms with van der Waals surface area (Å²) in [6.45, 7) is 3.20. The molecule has 0 spiro atoms. The number of halogens is 2. The number of rotatable bonds is 1. The van der Waals surface area contributed by atoms with E-state index in [0.29, 0.717) is 0 Å². The Hall–Kier alpha value is -0.0104. The van der Waals surface area contributed by atoms with E-state index in [1.54, 1.807) is 0 Å². The van der Waals surface area contributed by atoms with Gasteiger partial charge in [-0.05, 0) is 0 Å². The van der Waals surface area contributed by atoms with Crippen LogP contribution in [0.3, 0.4) is 0 Å². The Morgan fingerprint density at radius 1 is 0.889 bits per heavy atom. The standard InChI is InChI=1S/C14H13Br2NTe/c1-2-17-11-7-3-5-9-13(11)18(15,16)14-10-6-4-8-12(14)17/h3-10H,2H2,1H3. The molecular weight excluding hydrogens is 470 g/mol. The van der Waals surface area contributed by atoms with Crippen LogP contribution >= 0.6 is 25.5 Å². The summed E-state index contributed by atoms with van der Waals surface area (Å²) >= 11 is 5.55. The number of benzene rings is 2. The third kappa shape index (κ3) is 1.86. The van der Waals surface area contributed by atoms with Gasteiger partial charge in [-0.15, -0.1) is 0 Å². The first kappa shape index (κ1) is 13.0. The zero-order chi connectivity index (χ0) is 12.8. The topological polar surface area (TPSA) is 3.24 Å². The fraction of sp³-hybridized carbons (Fsp3) is 0.143. The first-order valence-corrected chi connectivity index (χ1v) is 18.6. The fourth-order valence-corrected chi connectivity index (χ4v) is 14.3. The van der Waals surface area contributed by atoms with Crippen LogP contribution in [0, 0.1) is 0 Å². The second kappa shape index (κ2) is 4.83. The molecule has 0 aromatic heterocycles. The normalized spacial score (nSPS) is 17.8. The Morgan fingerprint density at radius 3 is 1.78 bits per heavy atom. The van der Waals surface area contributed by atoms with Crippen LogP contribution in [0.25, 0.3) is 0 Å². The molecule has 0 fully saturated rings. The Kier molecular flexibility index (Phi) is 3.49. The Morgan fingerprint density at radius 2 is 1.33 bits per heavy atom. The summed E-state index contributed by atoms with van der Waals surface area (Å²) in [5.74, 6) is 0. The molecule has 0 saturated carbocycles. The van der Waals surface area contributed by atoms with Gasteiger partial charge >= 0.3 is 125 Å². The van der Waals surface area contributed by atoms with Crippen molar-refractivity contribution in [1.82, 2.24) is 0 Å². The average Bonchev–Trinajstić information content (AvgIpc) is 2.40. The van der Waals surface area contributed by atoms with Gasteiger partial charge in [0.15, 0.2) is 0 Å². The van der Waals surface area contributed by atoms with E-state index >= 15 is 0 Å².